The Hall–Kier alpha value is -1.26. The van der Waals surface area contributed by atoms with E-state index in [1.54, 1.807) is 0 Å². The highest BCUT2D eigenvalue weighted by atomic mass is 32.2. The number of benzene rings is 1. The van der Waals surface area contributed by atoms with Crippen LogP contribution in [0.5, 0.6) is 0 Å². The summed E-state index contributed by atoms with van der Waals surface area (Å²) >= 11 is 0.589. The molecule has 0 aliphatic rings. The van der Waals surface area contributed by atoms with Crippen LogP contribution in [0.2, 0.25) is 0 Å². The lowest BCUT2D eigenvalue weighted by Crippen LogP contribution is -2.17. The minimum Gasteiger partial charge on any atom is -0.258 e. The fraction of sp³-hybridized carbons (Fsp3) is 0.250. The van der Waals surface area contributed by atoms with Crippen molar-refractivity contribution in [1.82, 2.24) is 0 Å². The van der Waals surface area contributed by atoms with Crippen molar-refractivity contribution in [3.05, 3.63) is 33.9 Å². The molecule has 1 aromatic carbocycles. The summed E-state index contributed by atoms with van der Waals surface area (Å²) in [6.07, 6.45) is 0. The van der Waals surface area contributed by atoms with Crippen molar-refractivity contribution in [3.63, 3.8) is 0 Å². The van der Waals surface area contributed by atoms with Gasteiger partial charge in [0, 0.05) is 5.75 Å². The summed E-state index contributed by atoms with van der Waals surface area (Å²) in [5.41, 5.74) is -0.708. The smallest absolute Gasteiger partial charge is 0.258 e. The van der Waals surface area contributed by atoms with Gasteiger partial charge < -0.3 is 0 Å². The van der Waals surface area contributed by atoms with Crippen molar-refractivity contribution in [1.29, 1.82) is 0 Å². The van der Waals surface area contributed by atoms with Crippen LogP contribution in [0.1, 0.15) is 0 Å². The van der Waals surface area contributed by atoms with Crippen molar-refractivity contribution in [2.45, 2.75) is 4.90 Å². The molecule has 0 saturated heterocycles. The SMILES string of the molecule is NS(=O)(=O)CCSc1c(F)cc([N+](=O)[O-])cc1F. The number of sulfonamides is 1. The molecule has 0 saturated carbocycles. The molecule has 0 aliphatic carbocycles. The number of nitrogens with two attached hydrogens (primary N) is 1. The van der Waals surface area contributed by atoms with E-state index in [4.69, 9.17) is 5.14 Å². The molecule has 18 heavy (non-hydrogen) atoms. The number of halogens is 2. The molecular weight excluding hydrogens is 290 g/mol. The third kappa shape index (κ3) is 4.20. The lowest BCUT2D eigenvalue weighted by Gasteiger charge is -2.04. The number of nitro benzene ring substituents is 1. The first kappa shape index (κ1) is 14.8. The second kappa shape index (κ2) is 5.59. The molecule has 1 aromatic rings. The molecule has 0 aliphatic heterocycles. The van der Waals surface area contributed by atoms with Crippen molar-refractivity contribution >= 4 is 27.5 Å². The summed E-state index contributed by atoms with van der Waals surface area (Å²) in [5.74, 6) is -2.82. The van der Waals surface area contributed by atoms with E-state index in [-0.39, 0.29) is 5.75 Å². The average Bonchev–Trinajstić information content (AvgIpc) is 2.20. The van der Waals surface area contributed by atoms with E-state index in [0.717, 1.165) is 0 Å². The summed E-state index contributed by atoms with van der Waals surface area (Å²) < 4.78 is 47.9. The van der Waals surface area contributed by atoms with E-state index < -0.39 is 42.9 Å². The summed E-state index contributed by atoms with van der Waals surface area (Å²) in [5, 5.41) is 15.1. The molecular formula is C8H8F2N2O4S2. The van der Waals surface area contributed by atoms with Gasteiger partial charge in [-0.15, -0.1) is 11.8 Å². The summed E-state index contributed by atoms with van der Waals surface area (Å²) in [7, 11) is -3.72. The highest BCUT2D eigenvalue weighted by molar-refractivity contribution is 8.00. The van der Waals surface area contributed by atoms with Gasteiger partial charge in [0.1, 0.15) is 11.6 Å². The molecule has 0 atom stereocenters. The quantitative estimate of drug-likeness (QED) is 0.500. The van der Waals surface area contributed by atoms with Gasteiger partial charge in [0.2, 0.25) is 10.0 Å². The number of rotatable bonds is 5. The summed E-state index contributed by atoms with van der Waals surface area (Å²) in [6.45, 7) is 0. The van der Waals surface area contributed by atoms with Crippen molar-refractivity contribution < 1.29 is 22.1 Å². The van der Waals surface area contributed by atoms with Crippen LogP contribution in [0.15, 0.2) is 17.0 Å². The van der Waals surface area contributed by atoms with Gasteiger partial charge in [0.15, 0.2) is 0 Å². The Balaban J connectivity index is 2.87. The van der Waals surface area contributed by atoms with Crippen LogP contribution >= 0.6 is 11.8 Å². The number of non-ortho nitro benzene ring substituents is 1. The Kier molecular flexibility index (Phi) is 4.59. The second-order valence-electron chi connectivity index (χ2n) is 3.21. The predicted octanol–water partition coefficient (Wildman–Crippen LogP) is 1.25. The molecule has 0 aromatic heterocycles. The Morgan fingerprint density at radius 2 is 1.83 bits per heavy atom. The minimum absolute atomic E-state index is 0.148. The standard InChI is InChI=1S/C8H8F2N2O4S2/c9-6-3-5(12(13)14)4-7(10)8(6)17-1-2-18(11,15)16/h3-4H,1-2H2,(H2,11,15,16). The van der Waals surface area contributed by atoms with Crippen molar-refractivity contribution in [2.75, 3.05) is 11.5 Å². The van der Waals surface area contributed by atoms with Crippen LogP contribution in [-0.4, -0.2) is 24.8 Å². The molecule has 0 amide bonds. The Morgan fingerprint density at radius 3 is 2.22 bits per heavy atom. The summed E-state index contributed by atoms with van der Waals surface area (Å²) in [4.78, 5) is 8.94. The van der Waals surface area contributed by atoms with E-state index in [2.05, 4.69) is 0 Å². The lowest BCUT2D eigenvalue weighted by molar-refractivity contribution is -0.385. The number of primary sulfonamides is 1. The van der Waals surface area contributed by atoms with Gasteiger partial charge in [-0.2, -0.15) is 0 Å². The predicted molar refractivity (Wildman–Crippen MR) is 61.7 cm³/mol. The van der Waals surface area contributed by atoms with E-state index in [9.17, 15) is 27.3 Å². The first-order chi connectivity index (χ1) is 8.20. The third-order valence-corrected chi connectivity index (χ3v) is 3.93. The Morgan fingerprint density at radius 1 is 1.33 bits per heavy atom. The van der Waals surface area contributed by atoms with Gasteiger partial charge in [-0.1, -0.05) is 0 Å². The highest BCUT2D eigenvalue weighted by Gasteiger charge is 2.17. The average molecular weight is 298 g/mol. The van der Waals surface area contributed by atoms with Gasteiger partial charge >= 0.3 is 0 Å². The highest BCUT2D eigenvalue weighted by Crippen LogP contribution is 2.28. The maximum Gasteiger partial charge on any atom is 0.275 e. The molecule has 0 fully saturated rings. The third-order valence-electron chi connectivity index (χ3n) is 1.81. The van der Waals surface area contributed by atoms with Crippen LogP contribution in [-0.2, 0) is 10.0 Å². The van der Waals surface area contributed by atoms with Gasteiger partial charge in [-0.05, 0) is 0 Å². The van der Waals surface area contributed by atoms with Crippen LogP contribution in [0.25, 0.3) is 0 Å². The Labute approximate surface area is 105 Å². The number of thioether (sulfide) groups is 1. The second-order valence-corrected chi connectivity index (χ2v) is 6.05. The Bertz CT molecular complexity index is 553. The molecule has 0 unspecified atom stereocenters. The summed E-state index contributed by atoms with van der Waals surface area (Å²) in [6, 6.07) is 1.14. The number of nitrogens with zero attached hydrogens (tertiary/aromatic N) is 1. The van der Waals surface area contributed by atoms with Crippen LogP contribution in [0, 0.1) is 21.7 Å². The monoisotopic (exact) mass is 298 g/mol. The topological polar surface area (TPSA) is 103 Å². The maximum atomic E-state index is 13.3. The molecule has 6 nitrogen and oxygen atoms in total. The zero-order chi connectivity index (χ0) is 13.9. The molecule has 2 N–H and O–H groups in total. The zero-order valence-corrected chi connectivity index (χ0v) is 10.4. The van der Waals surface area contributed by atoms with E-state index in [1.165, 1.54) is 0 Å². The normalized spacial score (nSPS) is 11.5. The molecule has 1 rings (SSSR count). The van der Waals surface area contributed by atoms with Gasteiger partial charge in [0.05, 0.1) is 27.7 Å². The number of hydrogen-bond donors (Lipinski definition) is 1. The molecule has 0 bridgehead atoms. The van der Waals surface area contributed by atoms with Crippen molar-refractivity contribution in [3.8, 4) is 0 Å². The molecule has 0 radical (unpaired) electrons. The molecule has 10 heteroatoms. The first-order valence-electron chi connectivity index (χ1n) is 4.47. The minimum atomic E-state index is -3.72. The number of hydrogen-bond acceptors (Lipinski definition) is 5. The molecule has 100 valence electrons. The van der Waals surface area contributed by atoms with Crippen LogP contribution in [0.3, 0.4) is 0 Å². The lowest BCUT2D eigenvalue weighted by atomic mass is 10.3. The van der Waals surface area contributed by atoms with Gasteiger partial charge in [0.25, 0.3) is 5.69 Å². The fourth-order valence-electron chi connectivity index (χ4n) is 1.05. The van der Waals surface area contributed by atoms with Crippen LogP contribution in [0.4, 0.5) is 14.5 Å². The maximum absolute atomic E-state index is 13.3. The first-order valence-corrected chi connectivity index (χ1v) is 7.17. The van der Waals surface area contributed by atoms with Gasteiger partial charge in [-0.25, -0.2) is 22.3 Å². The molecule has 0 heterocycles. The van der Waals surface area contributed by atoms with E-state index >= 15 is 0 Å². The van der Waals surface area contributed by atoms with E-state index in [0.29, 0.717) is 23.9 Å². The van der Waals surface area contributed by atoms with Crippen molar-refractivity contribution in [2.24, 2.45) is 5.14 Å². The fourth-order valence-corrected chi connectivity index (χ4v) is 2.91. The van der Waals surface area contributed by atoms with E-state index in [1.807, 2.05) is 0 Å². The number of nitro groups is 1. The largest absolute Gasteiger partial charge is 0.275 e. The zero-order valence-electron chi connectivity index (χ0n) is 8.80. The van der Waals surface area contributed by atoms with Crippen LogP contribution < -0.4 is 5.14 Å². The molecule has 0 spiro atoms. The van der Waals surface area contributed by atoms with Gasteiger partial charge in [-0.3, -0.25) is 10.1 Å².